The molecule has 1 aromatic rings. The Bertz CT molecular complexity index is 594. The third kappa shape index (κ3) is 6.29. The van der Waals surface area contributed by atoms with Gasteiger partial charge in [0.2, 0.25) is 5.91 Å². The molecule has 1 saturated heterocycles. The van der Waals surface area contributed by atoms with Gasteiger partial charge in [-0.3, -0.25) is 4.79 Å². The second-order valence-corrected chi connectivity index (χ2v) is 6.78. The maximum absolute atomic E-state index is 12.9. The number of nitrogens with zero attached hydrogens (tertiary/aromatic N) is 2. The Morgan fingerprint density at radius 2 is 1.88 bits per heavy atom. The molecule has 144 valence electrons. The Labute approximate surface area is 154 Å². The first kappa shape index (κ1) is 20.2. The van der Waals surface area contributed by atoms with Crippen LogP contribution in [-0.2, 0) is 11.3 Å². The average Bonchev–Trinajstić information content (AvgIpc) is 2.85. The second-order valence-electron chi connectivity index (χ2n) is 6.78. The molecule has 6 nitrogen and oxygen atoms in total. The van der Waals surface area contributed by atoms with Gasteiger partial charge in [0.15, 0.2) is 0 Å². The highest BCUT2D eigenvalue weighted by atomic mass is 19.1. The van der Waals surface area contributed by atoms with Crippen molar-refractivity contribution in [3.63, 3.8) is 0 Å². The van der Waals surface area contributed by atoms with Crippen molar-refractivity contribution in [1.82, 2.24) is 20.4 Å². The van der Waals surface area contributed by atoms with E-state index in [4.69, 9.17) is 0 Å². The molecule has 0 bridgehead atoms. The second kappa shape index (κ2) is 10.1. The number of hydrogen-bond acceptors (Lipinski definition) is 3. The van der Waals surface area contributed by atoms with Gasteiger partial charge >= 0.3 is 6.03 Å². The minimum atomic E-state index is -0.517. The first-order chi connectivity index (χ1) is 12.5. The van der Waals surface area contributed by atoms with Crippen LogP contribution in [0.5, 0.6) is 0 Å². The summed E-state index contributed by atoms with van der Waals surface area (Å²) < 4.78 is 12.9. The Hall–Kier alpha value is -2.15. The maximum Gasteiger partial charge on any atom is 0.315 e. The van der Waals surface area contributed by atoms with Gasteiger partial charge in [-0.05, 0) is 44.1 Å². The topological polar surface area (TPSA) is 64.7 Å². The highest BCUT2D eigenvalue weighted by molar-refractivity contribution is 5.87. The van der Waals surface area contributed by atoms with Crippen LogP contribution in [0.4, 0.5) is 9.18 Å². The van der Waals surface area contributed by atoms with E-state index in [0.717, 1.165) is 38.0 Å². The smallest absolute Gasteiger partial charge is 0.315 e. The third-order valence-electron chi connectivity index (χ3n) is 4.58. The standard InChI is InChI=1S/C19H29FN4O2/c1-3-5-17(18(25)24-11-4-10-23(2)12-13-24)22-19(26)21-14-15-6-8-16(20)9-7-15/h6-9,17H,3-5,10-14H2,1-2H3,(H2,21,22,26). The van der Waals surface area contributed by atoms with E-state index in [1.807, 2.05) is 11.8 Å². The van der Waals surface area contributed by atoms with Crippen molar-refractivity contribution in [2.45, 2.75) is 38.8 Å². The molecule has 0 saturated carbocycles. The van der Waals surface area contributed by atoms with Crippen LogP contribution in [0.3, 0.4) is 0 Å². The molecule has 0 aromatic heterocycles. The van der Waals surface area contributed by atoms with Crippen LogP contribution in [0.15, 0.2) is 24.3 Å². The van der Waals surface area contributed by atoms with E-state index in [1.165, 1.54) is 12.1 Å². The molecule has 0 radical (unpaired) electrons. The summed E-state index contributed by atoms with van der Waals surface area (Å²) in [6.45, 7) is 5.52. The monoisotopic (exact) mass is 364 g/mol. The van der Waals surface area contributed by atoms with E-state index >= 15 is 0 Å². The Kier molecular flexibility index (Phi) is 7.84. The molecule has 3 amide bonds. The van der Waals surface area contributed by atoms with E-state index < -0.39 is 6.04 Å². The fourth-order valence-corrected chi connectivity index (χ4v) is 3.03. The van der Waals surface area contributed by atoms with Gasteiger partial charge in [-0.15, -0.1) is 0 Å². The van der Waals surface area contributed by atoms with Crippen LogP contribution in [0.25, 0.3) is 0 Å². The van der Waals surface area contributed by atoms with E-state index in [-0.39, 0.29) is 24.3 Å². The number of hydrogen-bond donors (Lipinski definition) is 2. The molecular weight excluding hydrogens is 335 g/mol. The molecule has 1 aromatic carbocycles. The summed E-state index contributed by atoms with van der Waals surface area (Å²) in [4.78, 5) is 29.1. The maximum atomic E-state index is 12.9. The number of nitrogens with one attached hydrogen (secondary N) is 2. The average molecular weight is 364 g/mol. The largest absolute Gasteiger partial charge is 0.340 e. The molecule has 2 rings (SSSR count). The Balaban J connectivity index is 1.88. The minimum Gasteiger partial charge on any atom is -0.340 e. The summed E-state index contributed by atoms with van der Waals surface area (Å²) in [6, 6.07) is 5.06. The van der Waals surface area contributed by atoms with E-state index in [0.29, 0.717) is 13.0 Å². The number of carbonyl (C=O) groups is 2. The van der Waals surface area contributed by atoms with Crippen LogP contribution < -0.4 is 10.6 Å². The van der Waals surface area contributed by atoms with Gasteiger partial charge in [-0.1, -0.05) is 25.5 Å². The Morgan fingerprint density at radius 3 is 2.58 bits per heavy atom. The molecule has 1 unspecified atom stereocenters. The van der Waals surface area contributed by atoms with Gasteiger partial charge in [-0.2, -0.15) is 0 Å². The molecule has 1 aliphatic heterocycles. The van der Waals surface area contributed by atoms with Crippen LogP contribution in [0.1, 0.15) is 31.7 Å². The third-order valence-corrected chi connectivity index (χ3v) is 4.58. The molecule has 2 N–H and O–H groups in total. The fraction of sp³-hybridized carbons (Fsp3) is 0.579. The van der Waals surface area contributed by atoms with Gasteiger partial charge in [-0.25, -0.2) is 9.18 Å². The normalized spacial score (nSPS) is 16.7. The molecule has 1 fully saturated rings. The van der Waals surface area contributed by atoms with Crippen molar-refractivity contribution in [3.8, 4) is 0 Å². The lowest BCUT2D eigenvalue weighted by Crippen LogP contribution is -2.51. The number of benzene rings is 1. The molecular formula is C19H29FN4O2. The summed E-state index contributed by atoms with van der Waals surface area (Å²) >= 11 is 0. The van der Waals surface area contributed by atoms with Gasteiger partial charge < -0.3 is 20.4 Å². The molecule has 1 aliphatic rings. The quantitative estimate of drug-likeness (QED) is 0.811. The number of carbonyl (C=O) groups excluding carboxylic acids is 2. The highest BCUT2D eigenvalue weighted by Gasteiger charge is 2.26. The number of urea groups is 1. The lowest BCUT2D eigenvalue weighted by Gasteiger charge is -2.26. The number of rotatable bonds is 6. The van der Waals surface area contributed by atoms with Crippen LogP contribution >= 0.6 is 0 Å². The summed E-state index contributed by atoms with van der Waals surface area (Å²) in [7, 11) is 2.05. The van der Waals surface area contributed by atoms with Crippen molar-refractivity contribution < 1.29 is 14.0 Å². The van der Waals surface area contributed by atoms with Gasteiger partial charge in [0.1, 0.15) is 11.9 Å². The van der Waals surface area contributed by atoms with Crippen molar-refractivity contribution in [2.24, 2.45) is 0 Å². The lowest BCUT2D eigenvalue weighted by molar-refractivity contribution is -0.133. The van der Waals surface area contributed by atoms with E-state index in [2.05, 4.69) is 22.6 Å². The molecule has 0 aliphatic carbocycles. The molecule has 7 heteroatoms. The van der Waals surface area contributed by atoms with Crippen LogP contribution in [-0.4, -0.2) is 61.0 Å². The van der Waals surface area contributed by atoms with Crippen LogP contribution in [0, 0.1) is 5.82 Å². The minimum absolute atomic E-state index is 0.0147. The van der Waals surface area contributed by atoms with E-state index in [9.17, 15) is 14.0 Å². The zero-order chi connectivity index (χ0) is 18.9. The number of likely N-dealkylation sites (N-methyl/N-ethyl adjacent to an activating group) is 1. The molecule has 26 heavy (non-hydrogen) atoms. The lowest BCUT2D eigenvalue weighted by atomic mass is 10.1. The summed E-state index contributed by atoms with van der Waals surface area (Å²) in [6.07, 6.45) is 2.36. The summed E-state index contributed by atoms with van der Waals surface area (Å²) in [5.74, 6) is -0.325. The molecule has 1 atom stereocenters. The summed E-state index contributed by atoms with van der Waals surface area (Å²) in [5, 5.41) is 5.53. The van der Waals surface area contributed by atoms with Crippen LogP contribution in [0.2, 0.25) is 0 Å². The zero-order valence-corrected chi connectivity index (χ0v) is 15.6. The predicted molar refractivity (Wildman–Crippen MR) is 99.2 cm³/mol. The molecule has 0 spiro atoms. The van der Waals surface area contributed by atoms with Gasteiger partial charge in [0.25, 0.3) is 0 Å². The van der Waals surface area contributed by atoms with Gasteiger partial charge in [0, 0.05) is 26.2 Å². The van der Waals surface area contributed by atoms with E-state index in [1.54, 1.807) is 12.1 Å². The molecule has 1 heterocycles. The summed E-state index contributed by atoms with van der Waals surface area (Å²) in [5.41, 5.74) is 0.801. The van der Waals surface area contributed by atoms with Crippen molar-refractivity contribution >= 4 is 11.9 Å². The fourth-order valence-electron chi connectivity index (χ4n) is 3.03. The SMILES string of the molecule is CCCC(NC(=O)NCc1ccc(F)cc1)C(=O)N1CCCN(C)CC1. The van der Waals surface area contributed by atoms with Gasteiger partial charge in [0.05, 0.1) is 0 Å². The first-order valence-electron chi connectivity index (χ1n) is 9.25. The highest BCUT2D eigenvalue weighted by Crippen LogP contribution is 2.08. The Morgan fingerprint density at radius 1 is 1.15 bits per heavy atom. The van der Waals surface area contributed by atoms with Crippen molar-refractivity contribution in [1.29, 1.82) is 0 Å². The number of amides is 3. The number of halogens is 1. The van der Waals surface area contributed by atoms with Crippen molar-refractivity contribution in [2.75, 3.05) is 33.2 Å². The van der Waals surface area contributed by atoms with Crippen molar-refractivity contribution in [3.05, 3.63) is 35.6 Å². The first-order valence-corrected chi connectivity index (χ1v) is 9.25. The zero-order valence-electron chi connectivity index (χ0n) is 15.6. The predicted octanol–water partition coefficient (Wildman–Crippen LogP) is 1.96.